The van der Waals surface area contributed by atoms with Crippen molar-refractivity contribution in [1.29, 1.82) is 0 Å². The number of ether oxygens (including phenoxy) is 1. The predicted molar refractivity (Wildman–Crippen MR) is 130 cm³/mol. The first-order valence-electron chi connectivity index (χ1n) is 11.9. The van der Waals surface area contributed by atoms with E-state index in [-0.39, 0.29) is 18.6 Å². The summed E-state index contributed by atoms with van der Waals surface area (Å²) in [6.07, 6.45) is 6.72. The molecule has 1 aliphatic carbocycles. The van der Waals surface area contributed by atoms with Crippen molar-refractivity contribution in [3.8, 4) is 11.5 Å². The largest absolute Gasteiger partial charge is 0.457 e. The molecular formula is C26H34N4O3. The van der Waals surface area contributed by atoms with Crippen molar-refractivity contribution in [2.45, 2.75) is 63.6 Å². The summed E-state index contributed by atoms with van der Waals surface area (Å²) in [7, 11) is 1.91. The quantitative estimate of drug-likeness (QED) is 0.630. The Labute approximate surface area is 195 Å². The van der Waals surface area contributed by atoms with Gasteiger partial charge in [0.05, 0.1) is 18.3 Å². The summed E-state index contributed by atoms with van der Waals surface area (Å²) in [5.74, 6) is 1.99. The fraction of sp³-hybridized carbons (Fsp3) is 0.462. The number of aliphatic hydroxyl groups excluding tert-OH is 1. The summed E-state index contributed by atoms with van der Waals surface area (Å²) in [6.45, 7) is 0.417. The Kier molecular flexibility index (Phi) is 7.50. The van der Waals surface area contributed by atoms with E-state index in [1.165, 1.54) is 19.3 Å². The Balaban J connectivity index is 1.40. The first kappa shape index (κ1) is 23.1. The molecule has 1 aliphatic heterocycles. The number of aliphatic hydroxyl groups is 1. The van der Waals surface area contributed by atoms with Crippen LogP contribution in [0.3, 0.4) is 0 Å². The lowest BCUT2D eigenvalue weighted by Crippen LogP contribution is -2.47. The molecule has 0 saturated heterocycles. The van der Waals surface area contributed by atoms with Crippen molar-refractivity contribution in [2.24, 2.45) is 10.7 Å². The second-order valence-electron chi connectivity index (χ2n) is 8.98. The van der Waals surface area contributed by atoms with Crippen LogP contribution >= 0.6 is 0 Å². The Hall–Kier alpha value is -3.06. The van der Waals surface area contributed by atoms with Gasteiger partial charge >= 0.3 is 0 Å². The van der Waals surface area contributed by atoms with Crippen LogP contribution in [-0.4, -0.2) is 52.5 Å². The van der Waals surface area contributed by atoms with Crippen LogP contribution in [0.25, 0.3) is 0 Å². The van der Waals surface area contributed by atoms with Crippen LogP contribution in [0.4, 0.5) is 5.69 Å². The molecule has 0 spiro atoms. The number of guanidine groups is 1. The lowest BCUT2D eigenvalue weighted by atomic mass is 9.94. The smallest absolute Gasteiger partial charge is 0.222 e. The minimum Gasteiger partial charge on any atom is -0.457 e. The molecule has 3 N–H and O–H groups in total. The van der Waals surface area contributed by atoms with E-state index in [9.17, 15) is 9.90 Å². The molecule has 0 aromatic heterocycles. The molecule has 7 nitrogen and oxygen atoms in total. The molecule has 0 radical (unpaired) electrons. The number of hydrogen-bond acceptors (Lipinski definition) is 6. The fourth-order valence-electron chi connectivity index (χ4n) is 4.74. The summed E-state index contributed by atoms with van der Waals surface area (Å²) in [5.41, 5.74) is 8.03. The molecule has 1 unspecified atom stereocenters. The highest BCUT2D eigenvalue weighted by Gasteiger charge is 2.27. The van der Waals surface area contributed by atoms with Crippen molar-refractivity contribution in [3.63, 3.8) is 0 Å². The number of aliphatic imine (C=N–C) groups is 1. The number of amides is 1. The molecule has 2 aromatic carbocycles. The Morgan fingerprint density at radius 2 is 1.94 bits per heavy atom. The molecule has 1 amide bonds. The number of carbonyl (C=O) groups excluding carboxylic acids is 1. The minimum atomic E-state index is -0.274. The molecule has 176 valence electrons. The Bertz CT molecular complexity index is 973. The van der Waals surface area contributed by atoms with E-state index in [4.69, 9.17) is 10.5 Å². The molecule has 1 fully saturated rings. The molecule has 4 rings (SSSR count). The molecule has 33 heavy (non-hydrogen) atoms. The molecule has 7 heteroatoms. The van der Waals surface area contributed by atoms with Gasteiger partial charge in [0.2, 0.25) is 5.91 Å². The zero-order chi connectivity index (χ0) is 23.2. The van der Waals surface area contributed by atoms with Crippen molar-refractivity contribution in [1.82, 2.24) is 9.80 Å². The standard InChI is InChI=1S/C26H34N4O3/c1-29(20-8-4-2-5-9-20)25(32)15-12-21(18-31)30-17-19-16-23(13-14-24(19)28-26(30)27)33-22-10-6-3-7-11-22/h3,6-7,10-11,13-14,16,20-21,31H,2,4-5,8-9,12,15,17-18H2,1H3,(H2,27,28). The first-order valence-corrected chi connectivity index (χ1v) is 11.9. The fourth-order valence-corrected chi connectivity index (χ4v) is 4.74. The molecular weight excluding hydrogens is 416 g/mol. The Morgan fingerprint density at radius 1 is 1.18 bits per heavy atom. The summed E-state index contributed by atoms with van der Waals surface area (Å²) in [5, 5.41) is 10.1. The number of para-hydroxylation sites is 1. The Morgan fingerprint density at radius 3 is 2.67 bits per heavy atom. The van der Waals surface area contributed by atoms with E-state index in [0.717, 1.165) is 35.6 Å². The van der Waals surface area contributed by atoms with Gasteiger partial charge in [0, 0.05) is 31.6 Å². The highest BCUT2D eigenvalue weighted by molar-refractivity contribution is 5.84. The van der Waals surface area contributed by atoms with E-state index in [0.29, 0.717) is 31.4 Å². The van der Waals surface area contributed by atoms with E-state index >= 15 is 0 Å². The van der Waals surface area contributed by atoms with Crippen molar-refractivity contribution < 1.29 is 14.6 Å². The average molecular weight is 451 g/mol. The summed E-state index contributed by atoms with van der Waals surface area (Å²) >= 11 is 0. The van der Waals surface area contributed by atoms with E-state index in [1.807, 2.05) is 65.4 Å². The highest BCUT2D eigenvalue weighted by atomic mass is 16.5. The highest BCUT2D eigenvalue weighted by Crippen LogP contribution is 2.32. The normalized spacial score (nSPS) is 17.2. The van der Waals surface area contributed by atoms with Gasteiger partial charge in [-0.25, -0.2) is 4.99 Å². The van der Waals surface area contributed by atoms with Gasteiger partial charge in [0.15, 0.2) is 5.96 Å². The number of nitrogens with two attached hydrogens (primary N) is 1. The average Bonchev–Trinajstić information content (AvgIpc) is 2.85. The maximum atomic E-state index is 12.8. The van der Waals surface area contributed by atoms with Crippen LogP contribution in [-0.2, 0) is 11.3 Å². The SMILES string of the molecule is CN(C(=O)CCC(CO)N1Cc2cc(Oc3ccccc3)ccc2N=C1N)C1CCCCC1. The lowest BCUT2D eigenvalue weighted by Gasteiger charge is -2.35. The molecule has 1 saturated carbocycles. The van der Waals surface area contributed by atoms with Gasteiger partial charge in [-0.3, -0.25) is 4.79 Å². The van der Waals surface area contributed by atoms with Crippen LogP contribution in [0.2, 0.25) is 0 Å². The molecule has 2 aliphatic rings. The van der Waals surface area contributed by atoms with Gasteiger partial charge in [0.25, 0.3) is 0 Å². The van der Waals surface area contributed by atoms with Gasteiger partial charge in [-0.2, -0.15) is 0 Å². The third kappa shape index (κ3) is 5.66. The van der Waals surface area contributed by atoms with Gasteiger partial charge < -0.3 is 25.4 Å². The molecule has 0 bridgehead atoms. The van der Waals surface area contributed by atoms with Crippen molar-refractivity contribution >= 4 is 17.6 Å². The van der Waals surface area contributed by atoms with Crippen LogP contribution in [0, 0.1) is 0 Å². The van der Waals surface area contributed by atoms with E-state index in [1.54, 1.807) is 0 Å². The zero-order valence-electron chi connectivity index (χ0n) is 19.3. The van der Waals surface area contributed by atoms with Crippen LogP contribution in [0.1, 0.15) is 50.5 Å². The lowest BCUT2D eigenvalue weighted by molar-refractivity contribution is -0.132. The van der Waals surface area contributed by atoms with Gasteiger partial charge in [-0.1, -0.05) is 37.5 Å². The van der Waals surface area contributed by atoms with Crippen molar-refractivity contribution in [2.75, 3.05) is 13.7 Å². The van der Waals surface area contributed by atoms with Crippen LogP contribution < -0.4 is 10.5 Å². The van der Waals surface area contributed by atoms with Crippen molar-refractivity contribution in [3.05, 3.63) is 54.1 Å². The maximum absolute atomic E-state index is 12.8. The van der Waals surface area contributed by atoms with Gasteiger partial charge in [0.1, 0.15) is 11.5 Å². The predicted octanol–water partition coefficient (Wildman–Crippen LogP) is 4.17. The number of rotatable bonds is 8. The monoisotopic (exact) mass is 450 g/mol. The molecule has 2 aromatic rings. The topological polar surface area (TPSA) is 91.4 Å². The van der Waals surface area contributed by atoms with E-state index < -0.39 is 0 Å². The maximum Gasteiger partial charge on any atom is 0.222 e. The van der Waals surface area contributed by atoms with Crippen LogP contribution in [0.5, 0.6) is 11.5 Å². The van der Waals surface area contributed by atoms with Gasteiger partial charge in [-0.15, -0.1) is 0 Å². The molecule has 1 heterocycles. The number of hydrogen-bond donors (Lipinski definition) is 2. The number of fused-ring (bicyclic) bond motifs is 1. The van der Waals surface area contributed by atoms with E-state index in [2.05, 4.69) is 4.99 Å². The summed E-state index contributed by atoms with van der Waals surface area (Å²) < 4.78 is 5.96. The zero-order valence-corrected chi connectivity index (χ0v) is 19.3. The second kappa shape index (κ2) is 10.7. The summed E-state index contributed by atoms with van der Waals surface area (Å²) in [6, 6.07) is 15.4. The van der Waals surface area contributed by atoms with Gasteiger partial charge in [-0.05, 0) is 49.6 Å². The second-order valence-corrected chi connectivity index (χ2v) is 8.98. The minimum absolute atomic E-state index is 0.0911. The number of nitrogens with zero attached hydrogens (tertiary/aromatic N) is 3. The first-order chi connectivity index (χ1) is 16.0. The third-order valence-electron chi connectivity index (χ3n) is 6.76. The number of carbonyl (C=O) groups is 1. The summed E-state index contributed by atoms with van der Waals surface area (Å²) in [4.78, 5) is 21.1. The van der Waals surface area contributed by atoms with Crippen LogP contribution in [0.15, 0.2) is 53.5 Å². The third-order valence-corrected chi connectivity index (χ3v) is 6.76. The number of benzene rings is 2. The molecule has 1 atom stereocenters.